The second-order valence-electron chi connectivity index (χ2n) is 4.70. The molecule has 0 aliphatic rings. The Morgan fingerprint density at radius 2 is 2.00 bits per heavy atom. The zero-order chi connectivity index (χ0) is 13.8. The zero-order valence-electron chi connectivity index (χ0n) is 11.3. The van der Waals surface area contributed by atoms with Gasteiger partial charge < -0.3 is 5.73 Å². The summed E-state index contributed by atoms with van der Waals surface area (Å²) in [6.07, 6.45) is 1.59. The molecule has 0 radical (unpaired) electrons. The minimum Gasteiger partial charge on any atom is -0.383 e. The molecular weight excluding hydrogens is 236 g/mol. The maximum Gasteiger partial charge on any atom is 0.140 e. The van der Waals surface area contributed by atoms with Gasteiger partial charge in [0, 0.05) is 13.0 Å². The van der Waals surface area contributed by atoms with Crippen LogP contribution in [0.25, 0.3) is 0 Å². The van der Waals surface area contributed by atoms with Gasteiger partial charge in [-0.15, -0.1) is 0 Å². The third-order valence-corrected chi connectivity index (χ3v) is 3.10. The molecule has 4 heteroatoms. The normalized spacial score (nSPS) is 10.4. The largest absolute Gasteiger partial charge is 0.383 e. The van der Waals surface area contributed by atoms with Gasteiger partial charge >= 0.3 is 0 Å². The van der Waals surface area contributed by atoms with Crippen LogP contribution in [-0.2, 0) is 13.0 Å². The summed E-state index contributed by atoms with van der Waals surface area (Å²) in [5.74, 6) is 0.478. The van der Waals surface area contributed by atoms with Crippen LogP contribution in [0, 0.1) is 18.3 Å². The summed E-state index contributed by atoms with van der Waals surface area (Å²) >= 11 is 0. The number of nitriles is 1. The first-order valence-electron chi connectivity index (χ1n) is 6.46. The highest BCUT2D eigenvalue weighted by Gasteiger charge is 2.15. The summed E-state index contributed by atoms with van der Waals surface area (Å²) in [6.45, 7) is 4.86. The number of nitrogen functional groups attached to an aromatic ring is 1. The Morgan fingerprint density at radius 3 is 2.58 bits per heavy atom. The molecule has 0 saturated heterocycles. The van der Waals surface area contributed by atoms with E-state index in [0.29, 0.717) is 17.8 Å². The average Bonchev–Trinajstić information content (AvgIpc) is 2.69. The Kier molecular flexibility index (Phi) is 3.86. The summed E-state index contributed by atoms with van der Waals surface area (Å²) in [4.78, 5) is 0. The van der Waals surface area contributed by atoms with Gasteiger partial charge in [0.2, 0.25) is 0 Å². The molecule has 1 aromatic heterocycles. The summed E-state index contributed by atoms with van der Waals surface area (Å²) in [5.41, 5.74) is 9.59. The Bertz CT molecular complexity index is 602. The van der Waals surface area contributed by atoms with Gasteiger partial charge in [0.05, 0.1) is 5.69 Å². The first-order valence-corrected chi connectivity index (χ1v) is 6.46. The summed E-state index contributed by atoms with van der Waals surface area (Å²) in [5, 5.41) is 13.7. The van der Waals surface area contributed by atoms with Crippen LogP contribution >= 0.6 is 0 Å². The molecule has 0 saturated carbocycles. The standard InChI is InChI=1S/C15H18N4/c1-3-8-19-15(17)13(10-16)14(18-19)9-12-6-4-11(2)5-7-12/h4-7H,3,8-9,17H2,1-2H3. The Labute approximate surface area is 113 Å². The van der Waals surface area contributed by atoms with E-state index in [2.05, 4.69) is 49.3 Å². The number of hydrogen-bond donors (Lipinski definition) is 1. The number of anilines is 1. The van der Waals surface area contributed by atoms with Crippen molar-refractivity contribution in [1.82, 2.24) is 9.78 Å². The van der Waals surface area contributed by atoms with E-state index in [-0.39, 0.29) is 0 Å². The van der Waals surface area contributed by atoms with Crippen LogP contribution in [0.2, 0.25) is 0 Å². The predicted molar refractivity (Wildman–Crippen MR) is 75.6 cm³/mol. The molecule has 4 nitrogen and oxygen atoms in total. The first-order chi connectivity index (χ1) is 9.15. The molecule has 0 aliphatic carbocycles. The lowest BCUT2D eigenvalue weighted by Gasteiger charge is -2.00. The molecule has 1 heterocycles. The van der Waals surface area contributed by atoms with Crippen molar-refractivity contribution in [2.45, 2.75) is 33.2 Å². The zero-order valence-corrected chi connectivity index (χ0v) is 11.3. The van der Waals surface area contributed by atoms with E-state index in [1.54, 1.807) is 4.68 Å². The van der Waals surface area contributed by atoms with Crippen molar-refractivity contribution < 1.29 is 0 Å². The van der Waals surface area contributed by atoms with Crippen LogP contribution < -0.4 is 5.73 Å². The van der Waals surface area contributed by atoms with Crippen molar-refractivity contribution in [2.75, 3.05) is 5.73 Å². The number of nitrogens with two attached hydrogens (primary N) is 1. The number of hydrogen-bond acceptors (Lipinski definition) is 3. The van der Waals surface area contributed by atoms with Gasteiger partial charge in [-0.1, -0.05) is 36.8 Å². The number of nitrogens with zero attached hydrogens (tertiary/aromatic N) is 3. The van der Waals surface area contributed by atoms with E-state index in [0.717, 1.165) is 24.2 Å². The SMILES string of the molecule is CCCn1nc(Cc2ccc(C)cc2)c(C#N)c1N. The topological polar surface area (TPSA) is 67.6 Å². The lowest BCUT2D eigenvalue weighted by molar-refractivity contribution is 0.604. The molecule has 98 valence electrons. The number of aryl methyl sites for hydroxylation is 2. The van der Waals surface area contributed by atoms with Crippen molar-refractivity contribution in [3.8, 4) is 6.07 Å². The van der Waals surface area contributed by atoms with Crippen LogP contribution in [-0.4, -0.2) is 9.78 Å². The molecule has 0 unspecified atom stereocenters. The minimum atomic E-state index is 0.478. The third kappa shape index (κ3) is 2.76. The van der Waals surface area contributed by atoms with E-state index in [1.807, 2.05) is 0 Å². The lowest BCUT2D eigenvalue weighted by atomic mass is 10.1. The molecule has 2 rings (SSSR count). The molecule has 0 fully saturated rings. The highest BCUT2D eigenvalue weighted by atomic mass is 15.3. The van der Waals surface area contributed by atoms with Crippen LogP contribution in [0.5, 0.6) is 0 Å². The van der Waals surface area contributed by atoms with Gasteiger partial charge in [-0.3, -0.25) is 0 Å². The molecule has 19 heavy (non-hydrogen) atoms. The van der Waals surface area contributed by atoms with E-state index >= 15 is 0 Å². The van der Waals surface area contributed by atoms with Gasteiger partial charge in [0.1, 0.15) is 17.5 Å². The summed E-state index contributed by atoms with van der Waals surface area (Å²) < 4.78 is 1.72. The predicted octanol–water partition coefficient (Wildman–Crippen LogP) is 2.65. The molecule has 0 amide bonds. The smallest absolute Gasteiger partial charge is 0.140 e. The van der Waals surface area contributed by atoms with Gasteiger partial charge in [-0.25, -0.2) is 4.68 Å². The fourth-order valence-electron chi connectivity index (χ4n) is 2.05. The second kappa shape index (κ2) is 5.57. The van der Waals surface area contributed by atoms with E-state index in [4.69, 9.17) is 5.73 Å². The van der Waals surface area contributed by atoms with Crippen LogP contribution in [0.4, 0.5) is 5.82 Å². The second-order valence-corrected chi connectivity index (χ2v) is 4.70. The van der Waals surface area contributed by atoms with E-state index in [1.165, 1.54) is 5.56 Å². The van der Waals surface area contributed by atoms with Gasteiger partial charge in [-0.05, 0) is 18.9 Å². The van der Waals surface area contributed by atoms with Crippen molar-refractivity contribution in [2.24, 2.45) is 0 Å². The van der Waals surface area contributed by atoms with Gasteiger partial charge in [0.25, 0.3) is 0 Å². The lowest BCUT2D eigenvalue weighted by Crippen LogP contribution is -2.04. The Morgan fingerprint density at radius 1 is 1.32 bits per heavy atom. The molecule has 1 aromatic carbocycles. The Balaban J connectivity index is 2.32. The maximum atomic E-state index is 9.22. The molecule has 0 spiro atoms. The van der Waals surface area contributed by atoms with E-state index < -0.39 is 0 Å². The van der Waals surface area contributed by atoms with Gasteiger partial charge in [-0.2, -0.15) is 10.4 Å². The minimum absolute atomic E-state index is 0.478. The number of rotatable bonds is 4. The maximum absolute atomic E-state index is 9.22. The fourth-order valence-corrected chi connectivity index (χ4v) is 2.05. The van der Waals surface area contributed by atoms with Crippen LogP contribution in [0.1, 0.15) is 35.7 Å². The van der Waals surface area contributed by atoms with Crippen molar-refractivity contribution >= 4 is 5.82 Å². The van der Waals surface area contributed by atoms with Crippen LogP contribution in [0.3, 0.4) is 0 Å². The molecule has 2 N–H and O–H groups in total. The molecule has 0 aliphatic heterocycles. The van der Waals surface area contributed by atoms with Crippen molar-refractivity contribution in [1.29, 1.82) is 5.26 Å². The monoisotopic (exact) mass is 254 g/mol. The third-order valence-electron chi connectivity index (χ3n) is 3.10. The summed E-state index contributed by atoms with van der Waals surface area (Å²) in [6, 6.07) is 10.4. The molecular formula is C15H18N4. The van der Waals surface area contributed by atoms with E-state index in [9.17, 15) is 5.26 Å². The highest BCUT2D eigenvalue weighted by Crippen LogP contribution is 2.19. The Hall–Kier alpha value is -2.28. The average molecular weight is 254 g/mol. The number of benzene rings is 1. The quantitative estimate of drug-likeness (QED) is 0.912. The first kappa shape index (κ1) is 13.2. The molecule has 2 aromatic rings. The highest BCUT2D eigenvalue weighted by molar-refractivity contribution is 5.53. The fraction of sp³-hybridized carbons (Fsp3) is 0.333. The summed E-state index contributed by atoms with van der Waals surface area (Å²) in [7, 11) is 0. The van der Waals surface area contributed by atoms with Crippen molar-refractivity contribution in [3.05, 3.63) is 46.6 Å². The number of aromatic nitrogens is 2. The van der Waals surface area contributed by atoms with Gasteiger partial charge in [0.15, 0.2) is 0 Å². The molecule has 0 atom stereocenters. The molecule has 0 bridgehead atoms. The van der Waals surface area contributed by atoms with Crippen LogP contribution in [0.15, 0.2) is 24.3 Å². The van der Waals surface area contributed by atoms with Crippen molar-refractivity contribution in [3.63, 3.8) is 0 Å².